The summed E-state index contributed by atoms with van der Waals surface area (Å²) in [4.78, 5) is 2.51. The molecule has 2 rings (SSSR count). The predicted molar refractivity (Wildman–Crippen MR) is 75.0 cm³/mol. The van der Waals surface area contributed by atoms with Crippen molar-refractivity contribution in [2.24, 2.45) is 0 Å². The summed E-state index contributed by atoms with van der Waals surface area (Å²) in [5.74, 6) is 0.519. The maximum Gasteiger partial charge on any atom is 0.123 e. The van der Waals surface area contributed by atoms with Crippen molar-refractivity contribution in [2.75, 3.05) is 32.8 Å². The van der Waals surface area contributed by atoms with Gasteiger partial charge in [-0.15, -0.1) is 0 Å². The Morgan fingerprint density at radius 1 is 1.37 bits per heavy atom. The molecule has 1 aromatic carbocycles. The van der Waals surface area contributed by atoms with Gasteiger partial charge < -0.3 is 10.1 Å². The van der Waals surface area contributed by atoms with E-state index in [0.717, 1.165) is 38.3 Å². The van der Waals surface area contributed by atoms with E-state index >= 15 is 0 Å². The zero-order chi connectivity index (χ0) is 13.5. The van der Waals surface area contributed by atoms with Crippen LogP contribution in [0.25, 0.3) is 0 Å². The molecule has 1 saturated heterocycles. The zero-order valence-electron chi connectivity index (χ0n) is 11.6. The average Bonchev–Trinajstić information content (AvgIpc) is 2.95. The summed E-state index contributed by atoms with van der Waals surface area (Å²) >= 11 is 0. The van der Waals surface area contributed by atoms with Crippen molar-refractivity contribution < 1.29 is 9.13 Å². The first-order chi connectivity index (χ1) is 9.29. The highest BCUT2D eigenvalue weighted by Gasteiger charge is 2.20. The van der Waals surface area contributed by atoms with Gasteiger partial charge in [0, 0.05) is 19.1 Å². The summed E-state index contributed by atoms with van der Waals surface area (Å²) in [6, 6.07) is 6.88. The van der Waals surface area contributed by atoms with Gasteiger partial charge in [0.05, 0.1) is 6.61 Å². The number of rotatable bonds is 7. The fourth-order valence-electron chi connectivity index (χ4n) is 2.54. The fourth-order valence-corrected chi connectivity index (χ4v) is 2.54. The Kier molecular flexibility index (Phi) is 5.61. The third-order valence-corrected chi connectivity index (χ3v) is 3.63. The lowest BCUT2D eigenvalue weighted by molar-refractivity contribution is 0.196. The third-order valence-electron chi connectivity index (χ3n) is 3.63. The van der Waals surface area contributed by atoms with Gasteiger partial charge in [0.25, 0.3) is 0 Å². The molecule has 1 atom stereocenters. The molecule has 0 aliphatic carbocycles. The molecular formula is C15H23FN2O. The molecule has 0 bridgehead atoms. The van der Waals surface area contributed by atoms with Crippen LogP contribution in [-0.4, -0.2) is 43.7 Å². The SMILES string of the molecule is CCN(CCCOc1ccc(F)cc1)C1CCNC1. The molecule has 1 aliphatic rings. The number of hydrogen-bond acceptors (Lipinski definition) is 3. The number of benzene rings is 1. The molecular weight excluding hydrogens is 243 g/mol. The maximum absolute atomic E-state index is 12.7. The van der Waals surface area contributed by atoms with Gasteiger partial charge in [0.2, 0.25) is 0 Å². The Bertz CT molecular complexity index is 363. The zero-order valence-corrected chi connectivity index (χ0v) is 11.6. The lowest BCUT2D eigenvalue weighted by Crippen LogP contribution is -2.37. The van der Waals surface area contributed by atoms with E-state index in [2.05, 4.69) is 17.1 Å². The first kappa shape index (κ1) is 14.3. The van der Waals surface area contributed by atoms with Gasteiger partial charge in [-0.2, -0.15) is 0 Å². The van der Waals surface area contributed by atoms with Crippen molar-refractivity contribution in [1.82, 2.24) is 10.2 Å². The molecule has 0 radical (unpaired) electrons. The average molecular weight is 266 g/mol. The summed E-state index contributed by atoms with van der Waals surface area (Å²) in [5.41, 5.74) is 0. The Morgan fingerprint density at radius 2 is 2.16 bits per heavy atom. The second kappa shape index (κ2) is 7.46. The minimum Gasteiger partial charge on any atom is -0.494 e. The number of ether oxygens (including phenoxy) is 1. The van der Waals surface area contributed by atoms with E-state index < -0.39 is 0 Å². The van der Waals surface area contributed by atoms with E-state index in [4.69, 9.17) is 4.74 Å². The number of nitrogens with zero attached hydrogens (tertiary/aromatic N) is 1. The third kappa shape index (κ3) is 4.48. The first-order valence-electron chi connectivity index (χ1n) is 7.12. The molecule has 0 amide bonds. The minimum atomic E-state index is -0.224. The molecule has 0 aromatic heterocycles. The van der Waals surface area contributed by atoms with Crippen LogP contribution in [0, 0.1) is 5.82 Å². The van der Waals surface area contributed by atoms with Crippen LogP contribution in [0.15, 0.2) is 24.3 Å². The normalized spacial score (nSPS) is 19.0. The smallest absolute Gasteiger partial charge is 0.123 e. The lowest BCUT2D eigenvalue weighted by atomic mass is 10.2. The molecule has 106 valence electrons. The molecule has 19 heavy (non-hydrogen) atoms. The van der Waals surface area contributed by atoms with Crippen molar-refractivity contribution in [1.29, 1.82) is 0 Å². The van der Waals surface area contributed by atoms with Gasteiger partial charge in [-0.1, -0.05) is 6.92 Å². The van der Waals surface area contributed by atoms with Crippen LogP contribution in [0.5, 0.6) is 5.75 Å². The molecule has 1 unspecified atom stereocenters. The Labute approximate surface area is 114 Å². The molecule has 1 heterocycles. The highest BCUT2D eigenvalue weighted by atomic mass is 19.1. The summed E-state index contributed by atoms with van der Waals surface area (Å²) in [6.07, 6.45) is 2.24. The van der Waals surface area contributed by atoms with Crippen LogP contribution in [0.2, 0.25) is 0 Å². The van der Waals surface area contributed by atoms with Crippen LogP contribution in [0.3, 0.4) is 0 Å². The largest absolute Gasteiger partial charge is 0.494 e. The van der Waals surface area contributed by atoms with Gasteiger partial charge in [0.15, 0.2) is 0 Å². The number of hydrogen-bond donors (Lipinski definition) is 1. The molecule has 0 spiro atoms. The number of nitrogens with one attached hydrogen (secondary N) is 1. The molecule has 1 N–H and O–H groups in total. The summed E-state index contributed by atoms with van der Waals surface area (Å²) in [6.45, 7) is 7.27. The summed E-state index contributed by atoms with van der Waals surface area (Å²) in [7, 11) is 0. The number of likely N-dealkylation sites (N-methyl/N-ethyl adjacent to an activating group) is 1. The van der Waals surface area contributed by atoms with E-state index in [-0.39, 0.29) is 5.82 Å². The van der Waals surface area contributed by atoms with E-state index in [1.54, 1.807) is 12.1 Å². The van der Waals surface area contributed by atoms with E-state index in [9.17, 15) is 4.39 Å². The van der Waals surface area contributed by atoms with Gasteiger partial charge >= 0.3 is 0 Å². The second-order valence-electron chi connectivity index (χ2n) is 4.93. The summed E-state index contributed by atoms with van der Waals surface area (Å²) < 4.78 is 18.3. The predicted octanol–water partition coefficient (Wildman–Crippen LogP) is 2.28. The number of halogens is 1. The highest BCUT2D eigenvalue weighted by molar-refractivity contribution is 5.21. The van der Waals surface area contributed by atoms with Crippen LogP contribution < -0.4 is 10.1 Å². The van der Waals surface area contributed by atoms with Crippen molar-refractivity contribution >= 4 is 0 Å². The van der Waals surface area contributed by atoms with Gasteiger partial charge in [-0.05, 0) is 50.2 Å². The molecule has 4 heteroatoms. The molecule has 0 saturated carbocycles. The topological polar surface area (TPSA) is 24.5 Å². The Morgan fingerprint density at radius 3 is 2.79 bits per heavy atom. The minimum absolute atomic E-state index is 0.224. The van der Waals surface area contributed by atoms with Crippen molar-refractivity contribution in [2.45, 2.75) is 25.8 Å². The van der Waals surface area contributed by atoms with Crippen LogP contribution >= 0.6 is 0 Å². The van der Waals surface area contributed by atoms with Gasteiger partial charge in [-0.3, -0.25) is 4.90 Å². The molecule has 3 nitrogen and oxygen atoms in total. The van der Waals surface area contributed by atoms with Gasteiger partial charge in [-0.25, -0.2) is 4.39 Å². The van der Waals surface area contributed by atoms with Crippen LogP contribution in [0.1, 0.15) is 19.8 Å². The Balaban J connectivity index is 1.66. The molecule has 1 aliphatic heterocycles. The van der Waals surface area contributed by atoms with Gasteiger partial charge in [0.1, 0.15) is 11.6 Å². The Hall–Kier alpha value is -1.13. The van der Waals surface area contributed by atoms with Crippen LogP contribution in [-0.2, 0) is 0 Å². The standard InChI is InChI=1S/C15H23FN2O/c1-2-18(14-8-9-17-12-14)10-3-11-19-15-6-4-13(16)5-7-15/h4-7,14,17H,2-3,8-12H2,1H3. The van der Waals surface area contributed by atoms with Crippen molar-refractivity contribution in [3.8, 4) is 5.75 Å². The van der Waals surface area contributed by atoms with Crippen molar-refractivity contribution in [3.05, 3.63) is 30.1 Å². The van der Waals surface area contributed by atoms with E-state index in [1.807, 2.05) is 0 Å². The maximum atomic E-state index is 12.7. The van der Waals surface area contributed by atoms with Crippen molar-refractivity contribution in [3.63, 3.8) is 0 Å². The fraction of sp³-hybridized carbons (Fsp3) is 0.600. The lowest BCUT2D eigenvalue weighted by Gasteiger charge is -2.26. The second-order valence-corrected chi connectivity index (χ2v) is 4.93. The first-order valence-corrected chi connectivity index (χ1v) is 7.12. The van der Waals surface area contributed by atoms with Crippen LogP contribution in [0.4, 0.5) is 4.39 Å². The quantitative estimate of drug-likeness (QED) is 0.766. The van der Waals surface area contributed by atoms with E-state index in [0.29, 0.717) is 12.6 Å². The molecule has 1 fully saturated rings. The molecule has 1 aromatic rings. The monoisotopic (exact) mass is 266 g/mol. The highest BCUT2D eigenvalue weighted by Crippen LogP contribution is 2.12. The van der Waals surface area contributed by atoms with E-state index in [1.165, 1.54) is 18.6 Å². The summed E-state index contributed by atoms with van der Waals surface area (Å²) in [5, 5.41) is 3.40.